The van der Waals surface area contributed by atoms with Crippen LogP contribution in [0.5, 0.6) is 0 Å². The van der Waals surface area contributed by atoms with Gasteiger partial charge in [-0.15, -0.1) is 0 Å². The Morgan fingerprint density at radius 2 is 0.804 bits per heavy atom. The molecular weight excluding hydrogens is 623 g/mol. The first-order valence-corrected chi connectivity index (χ1v) is 17.1. The molecule has 2 aromatic heterocycles. The number of furan rings is 1. The van der Waals surface area contributed by atoms with E-state index in [1.54, 1.807) is 0 Å². The molecule has 0 saturated carbocycles. The SMILES string of the molecule is c1ccc(-c2ccc(-c3nc(-c4ccccc4)nc(-c4ccc5cc(-c6cccc7oc8cc9ccccc9cc8c67)ccc5c4)n3)cc2)cc1. The second-order valence-corrected chi connectivity index (χ2v) is 12.9. The minimum absolute atomic E-state index is 0.638. The van der Waals surface area contributed by atoms with Gasteiger partial charge in [0, 0.05) is 27.5 Å². The van der Waals surface area contributed by atoms with Crippen LogP contribution in [0.25, 0.3) is 99.9 Å². The van der Waals surface area contributed by atoms with Gasteiger partial charge in [-0.25, -0.2) is 15.0 Å². The Bertz CT molecular complexity index is 2900. The third kappa shape index (κ3) is 5.22. The molecule has 0 atom stereocenters. The molecule has 0 N–H and O–H groups in total. The fraction of sp³-hybridized carbons (Fsp3) is 0. The lowest BCUT2D eigenvalue weighted by atomic mass is 9.96. The maximum atomic E-state index is 6.37. The van der Waals surface area contributed by atoms with E-state index in [4.69, 9.17) is 19.4 Å². The number of fused-ring (bicyclic) bond motifs is 5. The molecule has 10 aromatic rings. The van der Waals surface area contributed by atoms with Crippen LogP contribution in [0.2, 0.25) is 0 Å². The lowest BCUT2D eigenvalue weighted by Gasteiger charge is -2.10. The van der Waals surface area contributed by atoms with Crippen molar-refractivity contribution in [1.29, 1.82) is 0 Å². The fourth-order valence-electron chi connectivity index (χ4n) is 7.10. The molecule has 0 aliphatic heterocycles. The predicted octanol–water partition coefficient (Wildman–Crippen LogP) is 12.4. The predicted molar refractivity (Wildman–Crippen MR) is 209 cm³/mol. The van der Waals surface area contributed by atoms with Gasteiger partial charge in [-0.1, -0.05) is 146 Å². The third-order valence-corrected chi connectivity index (χ3v) is 9.69. The summed E-state index contributed by atoms with van der Waals surface area (Å²) in [6, 6.07) is 61.1. The molecule has 51 heavy (non-hydrogen) atoms. The Morgan fingerprint density at radius 3 is 1.51 bits per heavy atom. The van der Waals surface area contributed by atoms with Crippen LogP contribution in [0, 0.1) is 0 Å². The Balaban J connectivity index is 1.06. The quantitative estimate of drug-likeness (QED) is 0.186. The molecule has 10 rings (SSSR count). The Morgan fingerprint density at radius 1 is 0.314 bits per heavy atom. The van der Waals surface area contributed by atoms with Crippen LogP contribution in [0.15, 0.2) is 180 Å². The van der Waals surface area contributed by atoms with Crippen molar-refractivity contribution in [2.45, 2.75) is 0 Å². The van der Waals surface area contributed by atoms with Gasteiger partial charge in [0.2, 0.25) is 0 Å². The Labute approximate surface area is 294 Å². The van der Waals surface area contributed by atoms with Gasteiger partial charge in [-0.3, -0.25) is 0 Å². The van der Waals surface area contributed by atoms with Crippen molar-refractivity contribution in [1.82, 2.24) is 15.0 Å². The number of aromatic nitrogens is 3. The van der Waals surface area contributed by atoms with E-state index in [1.807, 2.05) is 36.4 Å². The molecule has 0 radical (unpaired) electrons. The first-order valence-electron chi connectivity index (χ1n) is 17.1. The highest BCUT2D eigenvalue weighted by molar-refractivity contribution is 6.16. The number of hydrogen-bond acceptors (Lipinski definition) is 4. The second-order valence-electron chi connectivity index (χ2n) is 12.9. The molecule has 0 spiro atoms. The standard InChI is InChI=1S/C47H29N3O/c1-3-10-30(11-4-1)31-18-20-33(21-19-31)46-48-45(32-12-5-2-6-13-32)49-47(50-46)39-25-23-36-26-38(24-22-37(36)27-39)40-16-9-17-42-44(40)41-28-34-14-7-8-15-35(34)29-43(41)51-42/h1-29H. The molecule has 0 aliphatic rings. The molecule has 0 unspecified atom stereocenters. The topological polar surface area (TPSA) is 51.8 Å². The molecule has 238 valence electrons. The van der Waals surface area contributed by atoms with Crippen molar-refractivity contribution >= 4 is 43.5 Å². The van der Waals surface area contributed by atoms with Crippen LogP contribution >= 0.6 is 0 Å². The van der Waals surface area contributed by atoms with Gasteiger partial charge in [0.15, 0.2) is 17.5 Å². The average Bonchev–Trinajstić information content (AvgIpc) is 3.57. The number of nitrogens with zero attached hydrogens (tertiary/aromatic N) is 3. The molecule has 2 heterocycles. The summed E-state index contributed by atoms with van der Waals surface area (Å²) in [7, 11) is 0. The summed E-state index contributed by atoms with van der Waals surface area (Å²) >= 11 is 0. The highest BCUT2D eigenvalue weighted by Crippen LogP contribution is 2.39. The molecule has 0 saturated heterocycles. The van der Waals surface area contributed by atoms with E-state index in [0.29, 0.717) is 17.5 Å². The molecule has 0 aliphatic carbocycles. The highest BCUT2D eigenvalue weighted by Gasteiger charge is 2.16. The van der Waals surface area contributed by atoms with Crippen LogP contribution in [0.1, 0.15) is 0 Å². The van der Waals surface area contributed by atoms with E-state index in [9.17, 15) is 0 Å². The van der Waals surface area contributed by atoms with Crippen LogP contribution in [-0.2, 0) is 0 Å². The number of benzene rings is 8. The highest BCUT2D eigenvalue weighted by atomic mass is 16.3. The largest absolute Gasteiger partial charge is 0.456 e. The van der Waals surface area contributed by atoms with Gasteiger partial charge in [-0.05, 0) is 74.1 Å². The first-order chi connectivity index (χ1) is 25.2. The van der Waals surface area contributed by atoms with Crippen molar-refractivity contribution < 1.29 is 4.42 Å². The zero-order chi connectivity index (χ0) is 33.7. The molecule has 8 aromatic carbocycles. The monoisotopic (exact) mass is 651 g/mol. The first kappa shape index (κ1) is 29.0. The summed E-state index contributed by atoms with van der Waals surface area (Å²) in [5.41, 5.74) is 9.24. The minimum Gasteiger partial charge on any atom is -0.456 e. The average molecular weight is 652 g/mol. The Kier molecular flexibility index (Phi) is 6.78. The molecule has 4 heteroatoms. The minimum atomic E-state index is 0.638. The van der Waals surface area contributed by atoms with Gasteiger partial charge < -0.3 is 4.42 Å². The van der Waals surface area contributed by atoms with Crippen molar-refractivity contribution in [2.75, 3.05) is 0 Å². The number of hydrogen-bond donors (Lipinski definition) is 0. The summed E-state index contributed by atoms with van der Waals surface area (Å²) in [5, 5.41) is 6.90. The number of rotatable bonds is 5. The van der Waals surface area contributed by atoms with Crippen molar-refractivity contribution in [3.8, 4) is 56.4 Å². The zero-order valence-electron chi connectivity index (χ0n) is 27.5. The summed E-state index contributed by atoms with van der Waals surface area (Å²) in [5.74, 6) is 1.92. The van der Waals surface area contributed by atoms with Gasteiger partial charge in [-0.2, -0.15) is 0 Å². The summed E-state index contributed by atoms with van der Waals surface area (Å²) in [6.45, 7) is 0. The maximum Gasteiger partial charge on any atom is 0.164 e. The Hall–Kier alpha value is -6.91. The van der Waals surface area contributed by atoms with Gasteiger partial charge in [0.05, 0.1) is 0 Å². The smallest absolute Gasteiger partial charge is 0.164 e. The summed E-state index contributed by atoms with van der Waals surface area (Å²) in [4.78, 5) is 14.9. The zero-order valence-corrected chi connectivity index (χ0v) is 27.5. The normalized spacial score (nSPS) is 11.5. The van der Waals surface area contributed by atoms with Gasteiger partial charge in [0.25, 0.3) is 0 Å². The van der Waals surface area contributed by atoms with Crippen LogP contribution < -0.4 is 0 Å². The van der Waals surface area contributed by atoms with E-state index in [1.165, 1.54) is 16.3 Å². The van der Waals surface area contributed by atoms with Gasteiger partial charge in [0.1, 0.15) is 11.2 Å². The maximum absolute atomic E-state index is 6.37. The fourth-order valence-corrected chi connectivity index (χ4v) is 7.10. The molecular formula is C47H29N3O. The van der Waals surface area contributed by atoms with Crippen molar-refractivity contribution in [3.63, 3.8) is 0 Å². The van der Waals surface area contributed by atoms with Crippen LogP contribution in [0.3, 0.4) is 0 Å². The lowest BCUT2D eigenvalue weighted by Crippen LogP contribution is -2.00. The van der Waals surface area contributed by atoms with Crippen LogP contribution in [-0.4, -0.2) is 15.0 Å². The van der Waals surface area contributed by atoms with E-state index in [0.717, 1.165) is 66.1 Å². The molecule has 0 fully saturated rings. The van der Waals surface area contributed by atoms with Crippen molar-refractivity contribution in [2.24, 2.45) is 0 Å². The lowest BCUT2D eigenvalue weighted by molar-refractivity contribution is 0.669. The van der Waals surface area contributed by atoms with Crippen LogP contribution in [0.4, 0.5) is 0 Å². The molecule has 4 nitrogen and oxygen atoms in total. The van der Waals surface area contributed by atoms with Gasteiger partial charge >= 0.3 is 0 Å². The van der Waals surface area contributed by atoms with E-state index < -0.39 is 0 Å². The van der Waals surface area contributed by atoms with E-state index in [-0.39, 0.29) is 0 Å². The third-order valence-electron chi connectivity index (χ3n) is 9.69. The summed E-state index contributed by atoms with van der Waals surface area (Å²) < 4.78 is 6.37. The van der Waals surface area contributed by atoms with E-state index >= 15 is 0 Å². The second kappa shape index (κ2) is 11.9. The summed E-state index contributed by atoms with van der Waals surface area (Å²) in [6.07, 6.45) is 0. The molecule has 0 bridgehead atoms. The van der Waals surface area contributed by atoms with E-state index in [2.05, 4.69) is 140 Å². The molecule has 0 amide bonds. The van der Waals surface area contributed by atoms with Crippen molar-refractivity contribution in [3.05, 3.63) is 176 Å².